The lowest BCUT2D eigenvalue weighted by Crippen LogP contribution is -2.46. The maximum atomic E-state index is 12.9. The molecule has 1 aliphatic rings. The number of thioether (sulfide) groups is 1. The monoisotopic (exact) mass is 417 g/mol. The SMILES string of the molecule is Cc1cccc(NC(=O)C2CCCN(C(=O)C(C)Sc3ccc(Cl)cc3)C2)n1. The number of hydrogen-bond donors (Lipinski definition) is 1. The second-order valence-corrected chi connectivity index (χ2v) is 8.84. The van der Waals surface area contributed by atoms with Gasteiger partial charge in [-0.05, 0) is 63.1 Å². The minimum Gasteiger partial charge on any atom is -0.341 e. The van der Waals surface area contributed by atoms with Crippen LogP contribution in [0, 0.1) is 12.8 Å². The van der Waals surface area contributed by atoms with Crippen LogP contribution in [0.15, 0.2) is 47.4 Å². The van der Waals surface area contributed by atoms with E-state index >= 15 is 0 Å². The number of hydrogen-bond acceptors (Lipinski definition) is 4. The fourth-order valence-corrected chi connectivity index (χ4v) is 4.33. The molecule has 1 N–H and O–H groups in total. The molecular weight excluding hydrogens is 394 g/mol. The summed E-state index contributed by atoms with van der Waals surface area (Å²) in [6.07, 6.45) is 1.60. The number of rotatable bonds is 5. The van der Waals surface area contributed by atoms with Crippen molar-refractivity contribution >= 4 is 41.0 Å². The van der Waals surface area contributed by atoms with Crippen LogP contribution in [0.4, 0.5) is 5.82 Å². The molecule has 0 saturated carbocycles. The maximum Gasteiger partial charge on any atom is 0.235 e. The summed E-state index contributed by atoms with van der Waals surface area (Å²) in [5.74, 6) is 0.326. The van der Waals surface area contributed by atoms with Gasteiger partial charge >= 0.3 is 0 Å². The molecule has 148 valence electrons. The molecule has 1 aliphatic heterocycles. The number of nitrogens with zero attached hydrogens (tertiary/aromatic N) is 2. The van der Waals surface area contributed by atoms with Crippen molar-refractivity contribution in [2.75, 3.05) is 18.4 Å². The van der Waals surface area contributed by atoms with E-state index in [4.69, 9.17) is 11.6 Å². The minimum atomic E-state index is -0.221. The van der Waals surface area contributed by atoms with Gasteiger partial charge in [-0.1, -0.05) is 17.7 Å². The van der Waals surface area contributed by atoms with Gasteiger partial charge in [-0.2, -0.15) is 0 Å². The molecule has 1 saturated heterocycles. The summed E-state index contributed by atoms with van der Waals surface area (Å²) in [6.45, 7) is 4.93. The maximum absolute atomic E-state index is 12.9. The zero-order valence-corrected chi connectivity index (χ0v) is 17.6. The van der Waals surface area contributed by atoms with Crippen molar-refractivity contribution in [1.82, 2.24) is 9.88 Å². The lowest BCUT2D eigenvalue weighted by Gasteiger charge is -2.33. The van der Waals surface area contributed by atoms with Crippen molar-refractivity contribution in [3.8, 4) is 0 Å². The molecule has 1 fully saturated rings. The highest BCUT2D eigenvalue weighted by Gasteiger charge is 2.31. The number of piperidine rings is 1. The highest BCUT2D eigenvalue weighted by Crippen LogP contribution is 2.27. The summed E-state index contributed by atoms with van der Waals surface area (Å²) in [5.41, 5.74) is 0.853. The van der Waals surface area contributed by atoms with Gasteiger partial charge in [0.25, 0.3) is 0 Å². The van der Waals surface area contributed by atoms with Crippen LogP contribution >= 0.6 is 23.4 Å². The van der Waals surface area contributed by atoms with Crippen LogP contribution in [0.25, 0.3) is 0 Å². The van der Waals surface area contributed by atoms with Crippen LogP contribution in [0.2, 0.25) is 5.02 Å². The molecule has 0 radical (unpaired) electrons. The molecule has 28 heavy (non-hydrogen) atoms. The Morgan fingerprint density at radius 2 is 2.00 bits per heavy atom. The topological polar surface area (TPSA) is 62.3 Å². The van der Waals surface area contributed by atoms with Gasteiger partial charge in [-0.15, -0.1) is 11.8 Å². The van der Waals surface area contributed by atoms with Crippen LogP contribution in [-0.4, -0.2) is 40.0 Å². The molecule has 5 nitrogen and oxygen atoms in total. The standard InChI is InChI=1S/C21H24ClN3O2S/c1-14-5-3-7-19(23-14)24-20(26)16-6-4-12-25(13-16)21(27)15(2)28-18-10-8-17(22)9-11-18/h3,5,7-11,15-16H,4,6,12-13H2,1-2H3,(H,23,24,26). The molecule has 0 aliphatic carbocycles. The van der Waals surface area contributed by atoms with Crippen LogP contribution in [0.3, 0.4) is 0 Å². The van der Waals surface area contributed by atoms with E-state index in [0.717, 1.165) is 23.4 Å². The first-order chi connectivity index (χ1) is 13.4. The Bertz CT molecular complexity index is 844. The van der Waals surface area contributed by atoms with Gasteiger partial charge in [0.2, 0.25) is 11.8 Å². The summed E-state index contributed by atoms with van der Waals surface area (Å²) in [7, 11) is 0. The number of aryl methyl sites for hydroxylation is 1. The molecule has 2 aromatic rings. The number of benzene rings is 1. The van der Waals surface area contributed by atoms with E-state index in [9.17, 15) is 9.59 Å². The predicted octanol–water partition coefficient (Wildman–Crippen LogP) is 4.40. The number of halogens is 1. The Hall–Kier alpha value is -2.05. The third-order valence-electron chi connectivity index (χ3n) is 4.72. The fourth-order valence-electron chi connectivity index (χ4n) is 3.26. The number of amides is 2. The summed E-state index contributed by atoms with van der Waals surface area (Å²) in [4.78, 5) is 32.6. The predicted molar refractivity (Wildman–Crippen MR) is 114 cm³/mol. The Balaban J connectivity index is 1.57. The van der Waals surface area contributed by atoms with Gasteiger partial charge in [0.05, 0.1) is 11.2 Å². The van der Waals surface area contributed by atoms with Crippen LogP contribution in [0.1, 0.15) is 25.5 Å². The minimum absolute atomic E-state index is 0.0612. The van der Waals surface area contributed by atoms with Crippen molar-refractivity contribution in [2.45, 2.75) is 36.8 Å². The van der Waals surface area contributed by atoms with E-state index in [0.29, 0.717) is 23.9 Å². The Morgan fingerprint density at radius 3 is 2.71 bits per heavy atom. The van der Waals surface area contributed by atoms with Gasteiger partial charge in [0, 0.05) is 28.7 Å². The molecule has 7 heteroatoms. The summed E-state index contributed by atoms with van der Waals surface area (Å²) < 4.78 is 0. The first-order valence-electron chi connectivity index (χ1n) is 9.38. The molecule has 2 amide bonds. The second-order valence-electron chi connectivity index (χ2n) is 6.99. The molecule has 2 heterocycles. The van der Waals surface area contributed by atoms with E-state index in [1.165, 1.54) is 11.8 Å². The summed E-state index contributed by atoms with van der Waals surface area (Å²) in [6, 6.07) is 13.0. The van der Waals surface area contributed by atoms with Crippen LogP contribution < -0.4 is 5.32 Å². The van der Waals surface area contributed by atoms with Crippen LogP contribution in [-0.2, 0) is 9.59 Å². The van der Waals surface area contributed by atoms with Crippen molar-refractivity contribution in [3.63, 3.8) is 0 Å². The summed E-state index contributed by atoms with van der Waals surface area (Å²) >= 11 is 7.43. The van der Waals surface area contributed by atoms with Crippen LogP contribution in [0.5, 0.6) is 0 Å². The third kappa shape index (κ3) is 5.49. The van der Waals surface area contributed by atoms with Crippen molar-refractivity contribution in [2.24, 2.45) is 5.92 Å². The Morgan fingerprint density at radius 1 is 1.25 bits per heavy atom. The zero-order chi connectivity index (χ0) is 20.1. The molecule has 2 atom stereocenters. The highest BCUT2D eigenvalue weighted by atomic mass is 35.5. The van der Waals surface area contributed by atoms with Gasteiger partial charge < -0.3 is 10.2 Å². The third-order valence-corrected chi connectivity index (χ3v) is 6.07. The number of anilines is 1. The lowest BCUT2D eigenvalue weighted by atomic mass is 9.97. The smallest absolute Gasteiger partial charge is 0.235 e. The fraction of sp³-hybridized carbons (Fsp3) is 0.381. The Labute approximate surface area is 174 Å². The number of carbonyl (C=O) groups excluding carboxylic acids is 2. The first kappa shape index (κ1) is 20.7. The van der Waals surface area contributed by atoms with Crippen molar-refractivity contribution in [3.05, 3.63) is 53.2 Å². The highest BCUT2D eigenvalue weighted by molar-refractivity contribution is 8.00. The number of carbonyl (C=O) groups is 2. The molecule has 1 aromatic carbocycles. The van der Waals surface area contributed by atoms with Gasteiger partial charge in [-0.25, -0.2) is 4.98 Å². The number of nitrogens with one attached hydrogen (secondary N) is 1. The quantitative estimate of drug-likeness (QED) is 0.732. The second kappa shape index (κ2) is 9.43. The number of likely N-dealkylation sites (tertiary alicyclic amines) is 1. The number of pyridine rings is 1. The molecule has 3 rings (SSSR count). The lowest BCUT2D eigenvalue weighted by molar-refractivity contribution is -0.133. The van der Waals surface area contributed by atoms with Gasteiger partial charge in [0.1, 0.15) is 5.82 Å². The van der Waals surface area contributed by atoms with E-state index in [-0.39, 0.29) is 23.0 Å². The molecule has 2 unspecified atom stereocenters. The molecule has 1 aromatic heterocycles. The molecule has 0 spiro atoms. The van der Waals surface area contributed by atoms with E-state index in [1.54, 1.807) is 6.07 Å². The summed E-state index contributed by atoms with van der Waals surface area (Å²) in [5, 5.41) is 3.34. The van der Waals surface area contributed by atoms with Crippen molar-refractivity contribution < 1.29 is 9.59 Å². The van der Waals surface area contributed by atoms with Gasteiger partial charge in [-0.3, -0.25) is 9.59 Å². The normalized spacial score (nSPS) is 17.8. The first-order valence-corrected chi connectivity index (χ1v) is 10.6. The van der Waals surface area contributed by atoms with Gasteiger partial charge in [0.15, 0.2) is 0 Å². The molecular formula is C21H24ClN3O2S. The average Bonchev–Trinajstić information content (AvgIpc) is 2.69. The van der Waals surface area contributed by atoms with Crippen molar-refractivity contribution in [1.29, 1.82) is 0 Å². The van der Waals surface area contributed by atoms with E-state index in [1.807, 2.05) is 55.1 Å². The average molecular weight is 418 g/mol. The van der Waals surface area contributed by atoms with E-state index in [2.05, 4.69) is 10.3 Å². The largest absolute Gasteiger partial charge is 0.341 e. The molecule has 0 bridgehead atoms. The van der Waals surface area contributed by atoms with E-state index < -0.39 is 0 Å². The Kier molecular flexibility index (Phi) is 6.97. The number of aromatic nitrogens is 1. The zero-order valence-electron chi connectivity index (χ0n) is 16.0.